The molecular formula is C21H17ClN4O4. The molecule has 3 N–H and O–H groups in total. The zero-order valence-corrected chi connectivity index (χ0v) is 16.6. The molecule has 2 aromatic carbocycles. The minimum atomic E-state index is -0.529. The smallest absolute Gasteiger partial charge is 0.271 e. The number of nitrogens with one attached hydrogen (secondary N) is 3. The maximum Gasteiger partial charge on any atom is 0.271 e. The van der Waals surface area contributed by atoms with Crippen molar-refractivity contribution in [3.8, 4) is 11.5 Å². The summed E-state index contributed by atoms with van der Waals surface area (Å²) in [5.74, 6) is -0.480. The predicted molar refractivity (Wildman–Crippen MR) is 111 cm³/mol. The number of hydrazine groups is 1. The van der Waals surface area contributed by atoms with Gasteiger partial charge >= 0.3 is 0 Å². The van der Waals surface area contributed by atoms with Crippen LogP contribution < -0.4 is 20.9 Å². The second-order valence-electron chi connectivity index (χ2n) is 5.97. The molecule has 0 saturated heterocycles. The fourth-order valence-corrected chi connectivity index (χ4v) is 2.66. The maximum absolute atomic E-state index is 12.2. The summed E-state index contributed by atoms with van der Waals surface area (Å²) in [6, 6.07) is 15.9. The third kappa shape index (κ3) is 5.12. The molecule has 8 nitrogen and oxygen atoms in total. The average Bonchev–Trinajstić information content (AvgIpc) is 2.77. The molecule has 0 unspecified atom stereocenters. The van der Waals surface area contributed by atoms with Gasteiger partial charge in [0, 0.05) is 24.9 Å². The average molecular weight is 425 g/mol. The van der Waals surface area contributed by atoms with Crippen LogP contribution in [0.15, 0.2) is 66.9 Å². The number of nitrogens with zero attached hydrogens (tertiary/aromatic N) is 1. The number of ether oxygens (including phenoxy) is 1. The van der Waals surface area contributed by atoms with Crippen LogP contribution in [-0.2, 0) is 0 Å². The molecule has 0 saturated carbocycles. The van der Waals surface area contributed by atoms with E-state index in [9.17, 15) is 14.4 Å². The van der Waals surface area contributed by atoms with E-state index < -0.39 is 11.8 Å². The molecule has 0 radical (unpaired) electrons. The standard InChI is InChI=1S/C21H17ClN4O4/c1-23-21(29)18-12-15(10-11-24-18)30-14-8-6-13(7-9-14)19(27)25-26-20(28)16-4-2-3-5-17(16)22/h2-12H,1H3,(H,23,29)(H,25,27)(H,26,28). The quantitative estimate of drug-likeness (QED) is 0.545. The Labute approximate surface area is 177 Å². The molecule has 0 spiro atoms. The van der Waals surface area contributed by atoms with E-state index in [-0.39, 0.29) is 22.2 Å². The van der Waals surface area contributed by atoms with Crippen LogP contribution in [-0.4, -0.2) is 29.8 Å². The SMILES string of the molecule is CNC(=O)c1cc(Oc2ccc(C(=O)NNC(=O)c3ccccc3Cl)cc2)ccn1. The van der Waals surface area contributed by atoms with Crippen LogP contribution in [0.5, 0.6) is 11.5 Å². The van der Waals surface area contributed by atoms with Crippen molar-refractivity contribution in [1.82, 2.24) is 21.2 Å². The van der Waals surface area contributed by atoms with Crippen LogP contribution in [0.25, 0.3) is 0 Å². The number of halogens is 1. The Morgan fingerprint density at radius 1 is 0.867 bits per heavy atom. The Bertz CT molecular complexity index is 1090. The van der Waals surface area contributed by atoms with Crippen LogP contribution in [0.3, 0.4) is 0 Å². The number of hydrogen-bond donors (Lipinski definition) is 3. The Morgan fingerprint density at radius 2 is 1.57 bits per heavy atom. The van der Waals surface area contributed by atoms with Crippen molar-refractivity contribution in [2.45, 2.75) is 0 Å². The minimum absolute atomic E-state index is 0.222. The maximum atomic E-state index is 12.2. The van der Waals surface area contributed by atoms with Crippen molar-refractivity contribution in [3.63, 3.8) is 0 Å². The van der Waals surface area contributed by atoms with Crippen molar-refractivity contribution in [3.05, 3.63) is 88.7 Å². The van der Waals surface area contributed by atoms with Gasteiger partial charge in [-0.05, 0) is 42.5 Å². The topological polar surface area (TPSA) is 109 Å². The number of carbonyl (C=O) groups excluding carboxylic acids is 3. The molecule has 3 aromatic rings. The fraction of sp³-hybridized carbons (Fsp3) is 0.0476. The van der Waals surface area contributed by atoms with Gasteiger partial charge in [-0.1, -0.05) is 23.7 Å². The van der Waals surface area contributed by atoms with Gasteiger partial charge in [0.25, 0.3) is 17.7 Å². The number of amides is 3. The van der Waals surface area contributed by atoms with Gasteiger partial charge in [0.1, 0.15) is 17.2 Å². The van der Waals surface area contributed by atoms with E-state index in [1.165, 1.54) is 31.4 Å². The number of benzene rings is 2. The lowest BCUT2D eigenvalue weighted by Gasteiger charge is -2.10. The molecule has 0 aliphatic heterocycles. The van der Waals surface area contributed by atoms with E-state index in [0.717, 1.165) is 0 Å². The second-order valence-corrected chi connectivity index (χ2v) is 6.38. The molecular weight excluding hydrogens is 408 g/mol. The highest BCUT2D eigenvalue weighted by Gasteiger charge is 2.12. The van der Waals surface area contributed by atoms with Crippen molar-refractivity contribution in [1.29, 1.82) is 0 Å². The van der Waals surface area contributed by atoms with Crippen molar-refractivity contribution in [2.24, 2.45) is 0 Å². The number of carbonyl (C=O) groups is 3. The number of rotatable bonds is 5. The molecule has 30 heavy (non-hydrogen) atoms. The first-order chi connectivity index (χ1) is 14.5. The highest BCUT2D eigenvalue weighted by molar-refractivity contribution is 6.33. The van der Waals surface area contributed by atoms with Gasteiger partial charge in [-0.25, -0.2) is 0 Å². The first kappa shape index (κ1) is 20.8. The van der Waals surface area contributed by atoms with Crippen molar-refractivity contribution in [2.75, 3.05) is 7.05 Å². The van der Waals surface area contributed by atoms with Crippen molar-refractivity contribution >= 4 is 29.3 Å². The lowest BCUT2D eigenvalue weighted by molar-refractivity contribution is 0.0846. The zero-order chi connectivity index (χ0) is 21.5. The van der Waals surface area contributed by atoms with Gasteiger partial charge in [-0.15, -0.1) is 0 Å². The summed E-state index contributed by atoms with van der Waals surface area (Å²) in [7, 11) is 1.51. The molecule has 152 valence electrons. The van der Waals surface area contributed by atoms with Crippen molar-refractivity contribution < 1.29 is 19.1 Å². The van der Waals surface area contributed by atoms with Gasteiger partial charge in [0.2, 0.25) is 0 Å². The summed E-state index contributed by atoms with van der Waals surface area (Å²) >= 11 is 5.96. The Hall–Kier alpha value is -3.91. The summed E-state index contributed by atoms with van der Waals surface area (Å²) in [6.07, 6.45) is 1.46. The highest BCUT2D eigenvalue weighted by atomic mass is 35.5. The van der Waals surface area contributed by atoms with Gasteiger partial charge in [-0.3, -0.25) is 30.2 Å². The van der Waals surface area contributed by atoms with Crippen LogP contribution in [0, 0.1) is 0 Å². The van der Waals surface area contributed by atoms with E-state index in [1.807, 2.05) is 0 Å². The summed E-state index contributed by atoms with van der Waals surface area (Å²) in [4.78, 5) is 39.9. The minimum Gasteiger partial charge on any atom is -0.457 e. The normalized spacial score (nSPS) is 10.1. The molecule has 0 bridgehead atoms. The Balaban J connectivity index is 1.60. The lowest BCUT2D eigenvalue weighted by atomic mass is 10.2. The summed E-state index contributed by atoms with van der Waals surface area (Å²) in [6.45, 7) is 0. The summed E-state index contributed by atoms with van der Waals surface area (Å²) in [5, 5.41) is 2.77. The van der Waals surface area contributed by atoms with E-state index in [1.54, 1.807) is 42.5 Å². The Kier molecular flexibility index (Phi) is 6.61. The van der Waals surface area contributed by atoms with Crippen LogP contribution in [0.4, 0.5) is 0 Å². The largest absolute Gasteiger partial charge is 0.457 e. The molecule has 1 aromatic heterocycles. The monoisotopic (exact) mass is 424 g/mol. The second kappa shape index (κ2) is 9.53. The molecule has 0 aliphatic carbocycles. The van der Waals surface area contributed by atoms with Crippen LogP contribution in [0.1, 0.15) is 31.2 Å². The molecule has 1 heterocycles. The summed E-state index contributed by atoms with van der Waals surface area (Å²) < 4.78 is 5.68. The van der Waals surface area contributed by atoms with Gasteiger partial charge < -0.3 is 10.1 Å². The number of hydrogen-bond acceptors (Lipinski definition) is 5. The highest BCUT2D eigenvalue weighted by Crippen LogP contribution is 2.22. The molecule has 0 fully saturated rings. The number of pyridine rings is 1. The first-order valence-electron chi connectivity index (χ1n) is 8.79. The molecule has 3 rings (SSSR count). The number of aromatic nitrogens is 1. The fourth-order valence-electron chi connectivity index (χ4n) is 2.44. The first-order valence-corrected chi connectivity index (χ1v) is 9.17. The van der Waals surface area contributed by atoms with E-state index in [2.05, 4.69) is 21.2 Å². The third-order valence-corrected chi connectivity index (χ3v) is 4.28. The van der Waals surface area contributed by atoms with E-state index >= 15 is 0 Å². The Morgan fingerprint density at radius 3 is 2.27 bits per heavy atom. The van der Waals surface area contributed by atoms with E-state index in [4.69, 9.17) is 16.3 Å². The predicted octanol–water partition coefficient (Wildman–Crippen LogP) is 2.96. The van der Waals surface area contributed by atoms with Gasteiger partial charge in [-0.2, -0.15) is 0 Å². The zero-order valence-electron chi connectivity index (χ0n) is 15.8. The molecule has 0 aliphatic rings. The van der Waals surface area contributed by atoms with E-state index in [0.29, 0.717) is 17.1 Å². The lowest BCUT2D eigenvalue weighted by Crippen LogP contribution is -2.41. The van der Waals surface area contributed by atoms with Gasteiger partial charge in [0.15, 0.2) is 0 Å². The third-order valence-electron chi connectivity index (χ3n) is 3.95. The van der Waals surface area contributed by atoms with Crippen LogP contribution >= 0.6 is 11.6 Å². The molecule has 0 atom stereocenters. The molecule has 9 heteroatoms. The molecule has 3 amide bonds. The van der Waals surface area contributed by atoms with Crippen LogP contribution in [0.2, 0.25) is 5.02 Å². The summed E-state index contributed by atoms with van der Waals surface area (Å²) in [5.41, 5.74) is 5.42. The van der Waals surface area contributed by atoms with Gasteiger partial charge in [0.05, 0.1) is 10.6 Å².